The highest BCUT2D eigenvalue weighted by molar-refractivity contribution is 5.77. The molecule has 1 heterocycles. The Morgan fingerprint density at radius 1 is 1.47 bits per heavy atom. The molecule has 1 aliphatic rings. The summed E-state index contributed by atoms with van der Waals surface area (Å²) in [6, 6.07) is 0. The highest BCUT2D eigenvalue weighted by Gasteiger charge is 2.31. The third kappa shape index (κ3) is 3.51. The molecular formula is C10H18N2O3. The van der Waals surface area contributed by atoms with Gasteiger partial charge in [0.15, 0.2) is 0 Å². The second-order valence-electron chi connectivity index (χ2n) is 3.71. The van der Waals surface area contributed by atoms with Gasteiger partial charge in [-0.3, -0.25) is 9.59 Å². The number of rotatable bonds is 5. The summed E-state index contributed by atoms with van der Waals surface area (Å²) in [5.74, 6) is 0.178. The van der Waals surface area contributed by atoms with Crippen molar-refractivity contribution in [1.29, 1.82) is 0 Å². The van der Waals surface area contributed by atoms with Crippen molar-refractivity contribution in [2.24, 2.45) is 11.7 Å². The van der Waals surface area contributed by atoms with E-state index in [0.29, 0.717) is 39.1 Å². The third-order valence-electron chi connectivity index (χ3n) is 2.43. The molecule has 0 spiro atoms. The zero-order chi connectivity index (χ0) is 11.3. The fourth-order valence-electron chi connectivity index (χ4n) is 1.64. The van der Waals surface area contributed by atoms with E-state index >= 15 is 0 Å². The molecule has 15 heavy (non-hydrogen) atoms. The first-order valence-electron chi connectivity index (χ1n) is 5.30. The molecule has 1 rings (SSSR count). The zero-order valence-corrected chi connectivity index (χ0v) is 9.07. The van der Waals surface area contributed by atoms with Gasteiger partial charge in [-0.05, 0) is 6.92 Å². The highest BCUT2D eigenvalue weighted by atomic mass is 16.5. The van der Waals surface area contributed by atoms with Gasteiger partial charge in [0.25, 0.3) is 0 Å². The van der Waals surface area contributed by atoms with Crippen molar-refractivity contribution in [2.45, 2.75) is 19.8 Å². The van der Waals surface area contributed by atoms with Crippen LogP contribution >= 0.6 is 0 Å². The van der Waals surface area contributed by atoms with E-state index in [4.69, 9.17) is 10.5 Å². The minimum Gasteiger partial charge on any atom is -0.466 e. The number of hydrogen-bond donors (Lipinski definition) is 1. The average Bonchev–Trinajstić information content (AvgIpc) is 2.11. The molecule has 0 aromatic rings. The minimum atomic E-state index is -0.173. The lowest BCUT2D eigenvalue weighted by Gasteiger charge is -2.38. The van der Waals surface area contributed by atoms with Gasteiger partial charge in [-0.1, -0.05) is 0 Å². The average molecular weight is 214 g/mol. The number of carbonyl (C=O) groups excluding carboxylic acids is 2. The molecule has 0 aliphatic carbocycles. The van der Waals surface area contributed by atoms with E-state index in [9.17, 15) is 9.59 Å². The van der Waals surface area contributed by atoms with Crippen LogP contribution in [0.25, 0.3) is 0 Å². The first kappa shape index (κ1) is 12.0. The number of nitrogens with two attached hydrogens (primary N) is 1. The molecule has 5 nitrogen and oxygen atoms in total. The molecule has 0 unspecified atom stereocenters. The van der Waals surface area contributed by atoms with Crippen LogP contribution in [0.15, 0.2) is 0 Å². The summed E-state index contributed by atoms with van der Waals surface area (Å²) in [5, 5.41) is 0. The van der Waals surface area contributed by atoms with Crippen LogP contribution in [0.3, 0.4) is 0 Å². The van der Waals surface area contributed by atoms with Gasteiger partial charge in [-0.2, -0.15) is 0 Å². The van der Waals surface area contributed by atoms with Crippen molar-refractivity contribution in [3.63, 3.8) is 0 Å². The predicted molar refractivity (Wildman–Crippen MR) is 55.0 cm³/mol. The summed E-state index contributed by atoms with van der Waals surface area (Å²) in [6.07, 6.45) is 0.812. The van der Waals surface area contributed by atoms with Gasteiger partial charge in [0, 0.05) is 32.0 Å². The molecule has 0 radical (unpaired) electrons. The summed E-state index contributed by atoms with van der Waals surface area (Å²) in [4.78, 5) is 24.1. The van der Waals surface area contributed by atoms with Gasteiger partial charge in [-0.15, -0.1) is 0 Å². The maximum Gasteiger partial charge on any atom is 0.306 e. The Kier molecular flexibility index (Phi) is 4.55. The Labute approximate surface area is 89.6 Å². The number of carbonyl (C=O) groups is 2. The summed E-state index contributed by atoms with van der Waals surface area (Å²) >= 11 is 0. The van der Waals surface area contributed by atoms with E-state index < -0.39 is 0 Å². The second kappa shape index (κ2) is 5.70. The largest absolute Gasteiger partial charge is 0.466 e. The molecule has 1 fully saturated rings. The van der Waals surface area contributed by atoms with Crippen LogP contribution in [0.1, 0.15) is 19.8 Å². The van der Waals surface area contributed by atoms with Gasteiger partial charge < -0.3 is 15.4 Å². The van der Waals surface area contributed by atoms with Crippen LogP contribution in [0.2, 0.25) is 0 Å². The highest BCUT2D eigenvalue weighted by Crippen LogP contribution is 2.20. The number of amides is 1. The summed E-state index contributed by atoms with van der Waals surface area (Å²) in [7, 11) is 0. The Morgan fingerprint density at radius 3 is 2.67 bits per heavy atom. The van der Waals surface area contributed by atoms with Crippen LogP contribution in [-0.2, 0) is 14.3 Å². The molecule has 0 aromatic carbocycles. The minimum absolute atomic E-state index is 0.0811. The number of esters is 1. The van der Waals surface area contributed by atoms with Crippen LogP contribution in [0.5, 0.6) is 0 Å². The summed E-state index contributed by atoms with van der Waals surface area (Å²) in [5.41, 5.74) is 5.28. The normalized spacial score (nSPS) is 16.0. The molecular weight excluding hydrogens is 196 g/mol. The Bertz CT molecular complexity index is 237. The lowest BCUT2D eigenvalue weighted by molar-refractivity contribution is -0.149. The quantitative estimate of drug-likeness (QED) is 0.640. The molecule has 2 N–H and O–H groups in total. The smallest absolute Gasteiger partial charge is 0.306 e. The predicted octanol–water partition coefficient (Wildman–Crippen LogP) is -0.253. The Hall–Kier alpha value is -1.10. The third-order valence-corrected chi connectivity index (χ3v) is 2.43. The van der Waals surface area contributed by atoms with Gasteiger partial charge >= 0.3 is 5.97 Å². The number of likely N-dealkylation sites (tertiary alicyclic amines) is 1. The van der Waals surface area contributed by atoms with E-state index in [1.165, 1.54) is 0 Å². The summed E-state index contributed by atoms with van der Waals surface area (Å²) in [6.45, 7) is 3.92. The molecule has 1 aliphatic heterocycles. The lowest BCUT2D eigenvalue weighted by atomic mass is 9.96. The maximum absolute atomic E-state index is 11.3. The van der Waals surface area contributed by atoms with Gasteiger partial charge in [0.05, 0.1) is 13.0 Å². The molecule has 1 amide bonds. The maximum atomic E-state index is 11.3. The standard InChI is InChI=1S/C10H18N2O3/c1-2-15-10(14)5-8-6-12(7-8)9(13)3-4-11/h8H,2-7,11H2,1H3. The molecule has 1 saturated heterocycles. The van der Waals surface area contributed by atoms with Crippen molar-refractivity contribution in [3.05, 3.63) is 0 Å². The lowest BCUT2D eigenvalue weighted by Crippen LogP contribution is -2.51. The first-order valence-corrected chi connectivity index (χ1v) is 5.30. The van der Waals surface area contributed by atoms with Crippen molar-refractivity contribution < 1.29 is 14.3 Å². The summed E-state index contributed by atoms with van der Waals surface area (Å²) < 4.78 is 4.83. The van der Waals surface area contributed by atoms with Crippen LogP contribution in [0, 0.1) is 5.92 Å². The van der Waals surface area contributed by atoms with Crippen molar-refractivity contribution >= 4 is 11.9 Å². The van der Waals surface area contributed by atoms with E-state index in [2.05, 4.69) is 0 Å². The van der Waals surface area contributed by atoms with Crippen molar-refractivity contribution in [1.82, 2.24) is 4.90 Å². The van der Waals surface area contributed by atoms with E-state index in [-0.39, 0.29) is 17.8 Å². The van der Waals surface area contributed by atoms with Gasteiger partial charge in [0.1, 0.15) is 0 Å². The van der Waals surface area contributed by atoms with E-state index in [1.54, 1.807) is 11.8 Å². The van der Waals surface area contributed by atoms with Gasteiger partial charge in [-0.25, -0.2) is 0 Å². The zero-order valence-electron chi connectivity index (χ0n) is 9.07. The number of nitrogens with zero attached hydrogens (tertiary/aromatic N) is 1. The van der Waals surface area contributed by atoms with Crippen LogP contribution < -0.4 is 5.73 Å². The van der Waals surface area contributed by atoms with E-state index in [0.717, 1.165) is 0 Å². The molecule has 0 aromatic heterocycles. The SMILES string of the molecule is CCOC(=O)CC1CN(C(=O)CCN)C1. The molecule has 86 valence electrons. The van der Waals surface area contributed by atoms with E-state index in [1.807, 2.05) is 0 Å². The number of ether oxygens (including phenoxy) is 1. The van der Waals surface area contributed by atoms with Crippen molar-refractivity contribution in [2.75, 3.05) is 26.2 Å². The van der Waals surface area contributed by atoms with Crippen LogP contribution in [0.4, 0.5) is 0 Å². The number of hydrogen-bond acceptors (Lipinski definition) is 4. The molecule has 0 atom stereocenters. The van der Waals surface area contributed by atoms with Crippen molar-refractivity contribution in [3.8, 4) is 0 Å². The molecule has 5 heteroatoms. The fourth-order valence-corrected chi connectivity index (χ4v) is 1.64. The fraction of sp³-hybridized carbons (Fsp3) is 0.800. The molecule has 0 bridgehead atoms. The Morgan fingerprint density at radius 2 is 2.13 bits per heavy atom. The second-order valence-corrected chi connectivity index (χ2v) is 3.71. The first-order chi connectivity index (χ1) is 7.17. The molecule has 0 saturated carbocycles. The topological polar surface area (TPSA) is 72.6 Å². The van der Waals surface area contributed by atoms with Crippen LogP contribution in [-0.4, -0.2) is 43.0 Å². The van der Waals surface area contributed by atoms with Gasteiger partial charge in [0.2, 0.25) is 5.91 Å². The Balaban J connectivity index is 2.14. The monoisotopic (exact) mass is 214 g/mol.